The monoisotopic (exact) mass is 236 g/mol. The largest absolute Gasteiger partial charge is 0.393 e. The lowest BCUT2D eigenvalue weighted by molar-refractivity contribution is 0.139. The van der Waals surface area contributed by atoms with E-state index in [-0.39, 0.29) is 6.10 Å². The maximum absolute atomic E-state index is 9.97. The van der Waals surface area contributed by atoms with Crippen molar-refractivity contribution in [1.82, 2.24) is 0 Å². The number of hydrogen-bond donors (Lipinski definition) is 1. The average Bonchev–Trinajstić information content (AvgIpc) is 2.83. The van der Waals surface area contributed by atoms with Gasteiger partial charge in [0.1, 0.15) is 0 Å². The second-order valence-corrected chi connectivity index (χ2v) is 6.07. The number of aliphatic hydroxyl groups is 1. The molecule has 0 aromatic rings. The molecule has 0 radical (unpaired) electrons. The molecular formula is C16H28O. The molecule has 2 fully saturated rings. The van der Waals surface area contributed by atoms with Crippen molar-refractivity contribution in [3.8, 4) is 0 Å². The van der Waals surface area contributed by atoms with Gasteiger partial charge in [-0.1, -0.05) is 50.7 Å². The van der Waals surface area contributed by atoms with Crippen molar-refractivity contribution < 1.29 is 5.11 Å². The molecule has 0 heterocycles. The Morgan fingerprint density at radius 1 is 0.647 bits per heavy atom. The van der Waals surface area contributed by atoms with Crippen LogP contribution in [0.5, 0.6) is 0 Å². The van der Waals surface area contributed by atoms with E-state index in [1.807, 2.05) is 0 Å². The van der Waals surface area contributed by atoms with Crippen LogP contribution in [0.1, 0.15) is 70.6 Å². The molecule has 1 heteroatoms. The fraction of sp³-hybridized carbons (Fsp3) is 0.875. The Hall–Kier alpha value is -0.300. The predicted octanol–water partition coefficient (Wildman–Crippen LogP) is 4.45. The van der Waals surface area contributed by atoms with Gasteiger partial charge in [-0.05, 0) is 43.9 Å². The van der Waals surface area contributed by atoms with Gasteiger partial charge in [-0.15, -0.1) is 0 Å². The second-order valence-electron chi connectivity index (χ2n) is 6.07. The van der Waals surface area contributed by atoms with Gasteiger partial charge >= 0.3 is 0 Å². The Morgan fingerprint density at radius 2 is 1.18 bits per heavy atom. The Kier molecular flexibility index (Phi) is 5.57. The molecule has 0 aromatic carbocycles. The minimum atomic E-state index is -0.0497. The molecule has 2 aliphatic rings. The van der Waals surface area contributed by atoms with Crippen LogP contribution in [0.4, 0.5) is 0 Å². The number of aliphatic hydroxyl groups excluding tert-OH is 1. The van der Waals surface area contributed by atoms with Crippen molar-refractivity contribution in [2.24, 2.45) is 11.8 Å². The Labute approximate surface area is 106 Å². The van der Waals surface area contributed by atoms with E-state index >= 15 is 0 Å². The van der Waals surface area contributed by atoms with Crippen molar-refractivity contribution in [1.29, 1.82) is 0 Å². The molecule has 0 aromatic heterocycles. The Morgan fingerprint density at radius 3 is 1.94 bits per heavy atom. The van der Waals surface area contributed by atoms with Gasteiger partial charge in [0.25, 0.3) is 0 Å². The summed E-state index contributed by atoms with van der Waals surface area (Å²) in [6.07, 6.45) is 19.0. The molecule has 0 aliphatic heterocycles. The first-order valence-electron chi connectivity index (χ1n) is 7.71. The molecule has 0 bridgehead atoms. The zero-order chi connectivity index (χ0) is 11.9. The van der Waals surface area contributed by atoms with Crippen LogP contribution >= 0.6 is 0 Å². The molecule has 2 atom stereocenters. The van der Waals surface area contributed by atoms with Crippen LogP contribution in [-0.4, -0.2) is 11.2 Å². The molecule has 1 nitrogen and oxygen atoms in total. The van der Waals surface area contributed by atoms with Gasteiger partial charge in [0.15, 0.2) is 0 Å². The molecular weight excluding hydrogens is 208 g/mol. The van der Waals surface area contributed by atoms with Crippen molar-refractivity contribution in [3.63, 3.8) is 0 Å². The first-order chi connectivity index (χ1) is 8.34. The van der Waals surface area contributed by atoms with Crippen molar-refractivity contribution in [2.75, 3.05) is 0 Å². The lowest BCUT2D eigenvalue weighted by Gasteiger charge is -2.16. The van der Waals surface area contributed by atoms with Crippen LogP contribution in [-0.2, 0) is 0 Å². The summed E-state index contributed by atoms with van der Waals surface area (Å²) in [4.78, 5) is 0. The Balaban J connectivity index is 1.82. The highest BCUT2D eigenvalue weighted by atomic mass is 16.3. The molecule has 0 saturated heterocycles. The molecule has 0 amide bonds. The van der Waals surface area contributed by atoms with Crippen LogP contribution in [0.15, 0.2) is 12.2 Å². The van der Waals surface area contributed by atoms with E-state index < -0.39 is 0 Å². The summed E-state index contributed by atoms with van der Waals surface area (Å²) < 4.78 is 0. The topological polar surface area (TPSA) is 20.2 Å². The van der Waals surface area contributed by atoms with Gasteiger partial charge in [0, 0.05) is 0 Å². The fourth-order valence-corrected chi connectivity index (χ4v) is 3.36. The number of rotatable bonds is 2. The van der Waals surface area contributed by atoms with Crippen LogP contribution in [0.25, 0.3) is 0 Å². The van der Waals surface area contributed by atoms with E-state index in [2.05, 4.69) is 12.2 Å². The SMILES string of the molecule is O[C@@H]1CCCCCCC(/C=C\C2CCCC2)C1. The summed E-state index contributed by atoms with van der Waals surface area (Å²) in [5.74, 6) is 1.49. The minimum Gasteiger partial charge on any atom is -0.393 e. The molecule has 1 unspecified atom stereocenters. The zero-order valence-corrected chi connectivity index (χ0v) is 11.1. The first-order valence-corrected chi connectivity index (χ1v) is 7.71. The Bertz CT molecular complexity index is 228. The van der Waals surface area contributed by atoms with Gasteiger partial charge in [-0.25, -0.2) is 0 Å². The smallest absolute Gasteiger partial charge is 0.0545 e. The fourth-order valence-electron chi connectivity index (χ4n) is 3.36. The highest BCUT2D eigenvalue weighted by Gasteiger charge is 2.16. The van der Waals surface area contributed by atoms with E-state index in [1.54, 1.807) is 0 Å². The molecule has 2 saturated carbocycles. The highest BCUT2D eigenvalue weighted by molar-refractivity contribution is 4.95. The maximum Gasteiger partial charge on any atom is 0.0545 e. The molecule has 17 heavy (non-hydrogen) atoms. The number of hydrogen-bond acceptors (Lipinski definition) is 1. The van der Waals surface area contributed by atoms with Gasteiger partial charge < -0.3 is 5.11 Å². The third-order valence-corrected chi connectivity index (χ3v) is 4.49. The molecule has 98 valence electrons. The highest BCUT2D eigenvalue weighted by Crippen LogP contribution is 2.28. The van der Waals surface area contributed by atoms with Crippen LogP contribution < -0.4 is 0 Å². The summed E-state index contributed by atoms with van der Waals surface area (Å²) in [6.45, 7) is 0. The normalized spacial score (nSPS) is 33.5. The zero-order valence-electron chi connectivity index (χ0n) is 11.1. The van der Waals surface area contributed by atoms with Gasteiger partial charge in [-0.2, -0.15) is 0 Å². The van der Waals surface area contributed by atoms with Gasteiger partial charge in [0.05, 0.1) is 6.10 Å². The predicted molar refractivity (Wildman–Crippen MR) is 72.9 cm³/mol. The number of allylic oxidation sites excluding steroid dienone is 2. The van der Waals surface area contributed by atoms with Crippen LogP contribution in [0.3, 0.4) is 0 Å². The molecule has 1 N–H and O–H groups in total. The summed E-state index contributed by atoms with van der Waals surface area (Å²) in [5.41, 5.74) is 0. The van der Waals surface area contributed by atoms with E-state index in [4.69, 9.17) is 0 Å². The summed E-state index contributed by atoms with van der Waals surface area (Å²) in [5, 5.41) is 9.97. The standard InChI is InChI=1S/C16H28O/c17-16-10-4-2-1-3-9-15(13-16)12-11-14-7-5-6-8-14/h11-12,14-17H,1-10,13H2/b12-11-/t15?,16-/m1/s1. The van der Waals surface area contributed by atoms with E-state index in [9.17, 15) is 5.11 Å². The minimum absolute atomic E-state index is 0.0497. The average molecular weight is 236 g/mol. The quantitative estimate of drug-likeness (QED) is 0.702. The van der Waals surface area contributed by atoms with E-state index in [0.29, 0.717) is 5.92 Å². The van der Waals surface area contributed by atoms with Crippen LogP contribution in [0.2, 0.25) is 0 Å². The van der Waals surface area contributed by atoms with E-state index in [1.165, 1.54) is 57.8 Å². The van der Waals surface area contributed by atoms with Gasteiger partial charge in [-0.3, -0.25) is 0 Å². The summed E-state index contributed by atoms with van der Waals surface area (Å²) in [6, 6.07) is 0. The lowest BCUT2D eigenvalue weighted by Crippen LogP contribution is -2.11. The van der Waals surface area contributed by atoms with Crippen molar-refractivity contribution in [2.45, 2.75) is 76.7 Å². The maximum atomic E-state index is 9.97. The van der Waals surface area contributed by atoms with Crippen LogP contribution in [0, 0.1) is 11.8 Å². The molecule has 2 aliphatic carbocycles. The van der Waals surface area contributed by atoms with E-state index in [0.717, 1.165) is 18.8 Å². The van der Waals surface area contributed by atoms with Crippen molar-refractivity contribution in [3.05, 3.63) is 12.2 Å². The molecule has 0 spiro atoms. The lowest BCUT2D eigenvalue weighted by atomic mass is 9.93. The second kappa shape index (κ2) is 7.20. The van der Waals surface area contributed by atoms with Gasteiger partial charge in [0.2, 0.25) is 0 Å². The van der Waals surface area contributed by atoms with Crippen molar-refractivity contribution >= 4 is 0 Å². The summed E-state index contributed by atoms with van der Waals surface area (Å²) in [7, 11) is 0. The summed E-state index contributed by atoms with van der Waals surface area (Å²) >= 11 is 0. The molecule has 2 rings (SSSR count). The first kappa shape index (κ1) is 13.1. The third kappa shape index (κ3) is 4.83. The third-order valence-electron chi connectivity index (χ3n) is 4.49.